The summed E-state index contributed by atoms with van der Waals surface area (Å²) in [6.07, 6.45) is -0.472. The number of hydrogen-bond donors (Lipinski definition) is 4. The molecule has 13 heteroatoms. The third-order valence-electron chi connectivity index (χ3n) is 8.70. The van der Waals surface area contributed by atoms with Gasteiger partial charge in [0.2, 0.25) is 11.8 Å². The minimum absolute atomic E-state index is 0.00593. The number of carbonyl (C=O) groups excluding carboxylic acids is 5. The Morgan fingerprint density at radius 3 is 2.23 bits per heavy atom. The predicted octanol–water partition coefficient (Wildman–Crippen LogP) is 4.04. The van der Waals surface area contributed by atoms with Crippen molar-refractivity contribution >= 4 is 29.8 Å². The first kappa shape index (κ1) is 36.1. The molecular weight excluding hydrogens is 614 g/mol. The average Bonchev–Trinajstić information content (AvgIpc) is 3.93. The van der Waals surface area contributed by atoms with Gasteiger partial charge in [-0.2, -0.15) is 8.78 Å². The van der Waals surface area contributed by atoms with Crippen LogP contribution in [-0.4, -0.2) is 66.7 Å². The van der Waals surface area contributed by atoms with Gasteiger partial charge >= 0.3 is 18.0 Å². The molecule has 1 aromatic rings. The fourth-order valence-corrected chi connectivity index (χ4v) is 5.93. The number of alkyl halides is 2. The second-order valence-corrected chi connectivity index (χ2v) is 13.9. The normalized spacial score (nSPS) is 20.5. The Bertz CT molecular complexity index is 1310. The van der Waals surface area contributed by atoms with Crippen LogP contribution in [0.3, 0.4) is 0 Å². The summed E-state index contributed by atoms with van der Waals surface area (Å²) in [7, 11) is 0. The monoisotopic (exact) mass is 662 g/mol. The first-order chi connectivity index (χ1) is 22.1. The lowest BCUT2D eigenvalue weighted by Crippen LogP contribution is -2.58. The molecule has 2 unspecified atom stereocenters. The smallest absolute Gasteiger partial charge is 0.408 e. The van der Waals surface area contributed by atoms with Crippen molar-refractivity contribution in [2.75, 3.05) is 6.54 Å². The topological polar surface area (TPSA) is 152 Å². The maximum atomic E-state index is 15.9. The highest BCUT2D eigenvalue weighted by molar-refractivity contribution is 5.89. The second-order valence-electron chi connectivity index (χ2n) is 13.9. The molecule has 2 saturated carbocycles. The number of ether oxygens (including phenoxy) is 2. The molecule has 47 heavy (non-hydrogen) atoms. The van der Waals surface area contributed by atoms with E-state index in [1.165, 1.54) is 26.0 Å². The largest absolute Gasteiger partial charge is 0.450 e. The van der Waals surface area contributed by atoms with Crippen molar-refractivity contribution in [3.05, 3.63) is 35.4 Å². The number of amides is 4. The molecular formula is C34H48F2N4O7. The molecule has 0 spiro atoms. The maximum absolute atomic E-state index is 15.9. The molecule has 4 amide bonds. The van der Waals surface area contributed by atoms with Gasteiger partial charge in [0.1, 0.15) is 6.04 Å². The van der Waals surface area contributed by atoms with E-state index < -0.39 is 65.9 Å². The number of carbonyl (C=O) groups is 5. The van der Waals surface area contributed by atoms with Crippen LogP contribution >= 0.6 is 0 Å². The second kappa shape index (κ2) is 15.4. The van der Waals surface area contributed by atoms with E-state index >= 15 is 8.78 Å². The van der Waals surface area contributed by atoms with E-state index in [9.17, 15) is 24.0 Å². The van der Waals surface area contributed by atoms with Gasteiger partial charge in [-0.25, -0.2) is 4.79 Å². The zero-order valence-corrected chi connectivity index (χ0v) is 27.8. The maximum Gasteiger partial charge on any atom is 0.408 e. The minimum atomic E-state index is -3.51. The fraction of sp³-hybridized carbons (Fsp3) is 0.676. The molecule has 0 bridgehead atoms. The third kappa shape index (κ3) is 10.1. The summed E-state index contributed by atoms with van der Waals surface area (Å²) < 4.78 is 42.5. The van der Waals surface area contributed by atoms with E-state index in [2.05, 4.69) is 21.3 Å². The lowest BCUT2D eigenvalue weighted by Gasteiger charge is -2.32. The van der Waals surface area contributed by atoms with Gasteiger partial charge < -0.3 is 30.7 Å². The molecule has 3 aliphatic rings. The van der Waals surface area contributed by atoms with Crippen LogP contribution in [0.25, 0.3) is 0 Å². The van der Waals surface area contributed by atoms with Crippen LogP contribution in [0.5, 0.6) is 0 Å². The Kier molecular flexibility index (Phi) is 11.8. The summed E-state index contributed by atoms with van der Waals surface area (Å²) in [5.74, 6) is -7.04. The standard InChI is InChI=1S/C34H48F2N4O7/c1-18(2)15-27(40-33(45)47-29(19(3)4)34(35,36)24-8-6-7-22(16-24)21-9-10-21)31(43)39-26(17-23-13-14-37-30(23)42)28(46-20(5)41)32(44)38-25-11-12-25/h6-8,16,18-19,21,23,25-29H,9-15,17H2,1-5H3,(H,37,42)(H,38,44)(H,39,43)(H,40,45)/t23-,26-,27-,28?,29?/m0/s1. The molecule has 260 valence electrons. The van der Waals surface area contributed by atoms with Gasteiger partial charge in [-0.3, -0.25) is 19.2 Å². The molecule has 5 atom stereocenters. The van der Waals surface area contributed by atoms with Crippen molar-refractivity contribution in [3.63, 3.8) is 0 Å². The van der Waals surface area contributed by atoms with Crippen LogP contribution in [0, 0.1) is 17.8 Å². The van der Waals surface area contributed by atoms with Crippen molar-refractivity contribution in [1.29, 1.82) is 0 Å². The highest BCUT2D eigenvalue weighted by atomic mass is 19.3. The van der Waals surface area contributed by atoms with Crippen molar-refractivity contribution in [2.24, 2.45) is 17.8 Å². The van der Waals surface area contributed by atoms with Crippen molar-refractivity contribution in [3.8, 4) is 0 Å². The van der Waals surface area contributed by atoms with Gasteiger partial charge in [-0.15, -0.1) is 0 Å². The number of benzene rings is 1. The number of hydrogen-bond acceptors (Lipinski definition) is 7. The molecule has 1 aromatic carbocycles. The Labute approximate surface area is 274 Å². The summed E-state index contributed by atoms with van der Waals surface area (Å²) in [6, 6.07) is 3.76. The van der Waals surface area contributed by atoms with Gasteiger partial charge in [0, 0.05) is 31.0 Å². The summed E-state index contributed by atoms with van der Waals surface area (Å²) in [5, 5.41) is 10.7. The van der Waals surface area contributed by atoms with Crippen LogP contribution in [0.1, 0.15) is 96.6 Å². The van der Waals surface area contributed by atoms with E-state index in [0.29, 0.717) is 13.0 Å². The molecule has 2 aliphatic carbocycles. The Morgan fingerprint density at radius 1 is 0.979 bits per heavy atom. The lowest BCUT2D eigenvalue weighted by atomic mass is 9.93. The summed E-state index contributed by atoms with van der Waals surface area (Å²) in [4.78, 5) is 64.7. The van der Waals surface area contributed by atoms with Gasteiger partial charge in [-0.1, -0.05) is 45.9 Å². The van der Waals surface area contributed by atoms with E-state index in [-0.39, 0.29) is 42.2 Å². The SMILES string of the molecule is CC(=O)OC(C(=O)NC1CC1)[C@H](C[C@@H]1CCNC1=O)NC(=O)[C@H](CC(C)C)NC(=O)OC(C(C)C)C(F)(F)c1cccc(C2CC2)c1. The summed E-state index contributed by atoms with van der Waals surface area (Å²) in [5.41, 5.74) is 0.579. The number of rotatable bonds is 16. The molecule has 1 aliphatic heterocycles. The summed E-state index contributed by atoms with van der Waals surface area (Å²) in [6.45, 7) is 8.25. The zero-order chi connectivity index (χ0) is 34.5. The lowest BCUT2D eigenvalue weighted by molar-refractivity contribution is -0.157. The van der Waals surface area contributed by atoms with Gasteiger partial charge in [-0.05, 0) is 74.3 Å². The molecule has 0 radical (unpaired) electrons. The number of alkyl carbamates (subject to hydrolysis) is 1. The van der Waals surface area contributed by atoms with E-state index in [0.717, 1.165) is 38.2 Å². The Balaban J connectivity index is 1.52. The van der Waals surface area contributed by atoms with Crippen LogP contribution in [0.15, 0.2) is 24.3 Å². The molecule has 3 fully saturated rings. The fourth-order valence-electron chi connectivity index (χ4n) is 5.93. The van der Waals surface area contributed by atoms with E-state index in [4.69, 9.17) is 9.47 Å². The van der Waals surface area contributed by atoms with Gasteiger partial charge in [0.15, 0.2) is 12.2 Å². The van der Waals surface area contributed by atoms with Gasteiger partial charge in [0.05, 0.1) is 6.04 Å². The molecule has 1 heterocycles. The molecule has 0 aromatic heterocycles. The van der Waals surface area contributed by atoms with Crippen LogP contribution in [0.2, 0.25) is 0 Å². The number of nitrogens with one attached hydrogen (secondary N) is 4. The molecule has 4 rings (SSSR count). The number of esters is 1. The van der Waals surface area contributed by atoms with E-state index in [1.54, 1.807) is 6.07 Å². The van der Waals surface area contributed by atoms with E-state index in [1.807, 2.05) is 19.9 Å². The van der Waals surface area contributed by atoms with Crippen LogP contribution in [0.4, 0.5) is 13.6 Å². The highest BCUT2D eigenvalue weighted by Crippen LogP contribution is 2.43. The highest BCUT2D eigenvalue weighted by Gasteiger charge is 2.47. The number of halogens is 2. The van der Waals surface area contributed by atoms with Crippen molar-refractivity contribution < 1.29 is 42.2 Å². The zero-order valence-electron chi connectivity index (χ0n) is 27.8. The average molecular weight is 663 g/mol. The molecule has 1 saturated heterocycles. The first-order valence-electron chi connectivity index (χ1n) is 16.7. The predicted molar refractivity (Wildman–Crippen MR) is 168 cm³/mol. The Morgan fingerprint density at radius 2 is 1.68 bits per heavy atom. The molecule has 11 nitrogen and oxygen atoms in total. The van der Waals surface area contributed by atoms with Crippen LogP contribution in [-0.2, 0) is 34.6 Å². The minimum Gasteiger partial charge on any atom is -0.450 e. The van der Waals surface area contributed by atoms with Crippen molar-refractivity contribution in [1.82, 2.24) is 21.3 Å². The van der Waals surface area contributed by atoms with Crippen molar-refractivity contribution in [2.45, 2.75) is 122 Å². The van der Waals surface area contributed by atoms with Crippen LogP contribution < -0.4 is 21.3 Å². The summed E-state index contributed by atoms with van der Waals surface area (Å²) >= 11 is 0. The Hall–Kier alpha value is -3.77. The van der Waals surface area contributed by atoms with Gasteiger partial charge in [0.25, 0.3) is 5.91 Å². The molecule has 4 N–H and O–H groups in total. The third-order valence-corrected chi connectivity index (χ3v) is 8.70. The first-order valence-corrected chi connectivity index (χ1v) is 16.7. The quantitative estimate of drug-likeness (QED) is 0.195.